The van der Waals surface area contributed by atoms with Crippen molar-refractivity contribution in [2.45, 2.75) is 19.4 Å². The molecule has 0 atom stereocenters. The van der Waals surface area contributed by atoms with Crippen molar-refractivity contribution >= 4 is 51.7 Å². The summed E-state index contributed by atoms with van der Waals surface area (Å²) in [6, 6.07) is 16.8. The normalized spacial score (nSPS) is 12.5. The van der Waals surface area contributed by atoms with Crippen molar-refractivity contribution in [3.63, 3.8) is 0 Å². The zero-order valence-corrected chi connectivity index (χ0v) is 24.5. The topological polar surface area (TPSA) is 90.0 Å². The first-order valence-corrected chi connectivity index (χ1v) is 14.0. The molecule has 0 aliphatic carbocycles. The Kier molecular flexibility index (Phi) is 7.91. The molecule has 44 heavy (non-hydrogen) atoms. The first-order valence-electron chi connectivity index (χ1n) is 12.9. The summed E-state index contributed by atoms with van der Waals surface area (Å²) in [5.41, 5.74) is 3.00. The van der Waals surface area contributed by atoms with Crippen LogP contribution in [0, 0.1) is 0 Å². The second kappa shape index (κ2) is 11.7. The molecule has 6 rings (SSSR count). The first-order chi connectivity index (χ1) is 20.9. The van der Waals surface area contributed by atoms with Crippen molar-refractivity contribution < 1.29 is 42.0 Å². The summed E-state index contributed by atoms with van der Waals surface area (Å²) in [6.07, 6.45) is -4.63. The van der Waals surface area contributed by atoms with Crippen LogP contribution in [0.15, 0.2) is 66.7 Å². The van der Waals surface area contributed by atoms with Gasteiger partial charge in [0.25, 0.3) is 0 Å². The van der Waals surface area contributed by atoms with Gasteiger partial charge >= 0.3 is 12.3 Å². The van der Waals surface area contributed by atoms with Crippen LogP contribution in [0.2, 0.25) is 15.1 Å². The predicted octanol–water partition coefficient (Wildman–Crippen LogP) is 9.29. The zero-order valence-electron chi connectivity index (χ0n) is 22.2. The van der Waals surface area contributed by atoms with Crippen molar-refractivity contribution in [3.05, 3.63) is 104 Å². The number of rotatable bonds is 8. The standard InChI is InChI=1S/C31H19Cl3F3NO6/c32-18-7-17(8-19(33)11-18)27-28-21(9-16-10-25-26(12-22(16)34)43-14-42-25)24(6-5-23(28)38-29(27)30(39)40)41-13-15-1-3-20(4-2-15)44-31(35,36)37/h1-8,10-12,38H,9,13-14H2,(H,39,40). The fourth-order valence-corrected chi connectivity index (χ4v) is 5.78. The third-order valence-electron chi connectivity index (χ3n) is 6.85. The number of alkyl halides is 3. The zero-order chi connectivity index (χ0) is 31.2. The fraction of sp³-hybridized carbons (Fsp3) is 0.129. The highest BCUT2D eigenvalue weighted by molar-refractivity contribution is 6.35. The lowest BCUT2D eigenvalue weighted by atomic mass is 9.94. The van der Waals surface area contributed by atoms with Gasteiger partial charge < -0.3 is 29.0 Å². The Morgan fingerprint density at radius 2 is 1.61 bits per heavy atom. The summed E-state index contributed by atoms with van der Waals surface area (Å²) in [6.45, 7) is 0.0273. The van der Waals surface area contributed by atoms with Gasteiger partial charge in [-0.3, -0.25) is 0 Å². The Hall–Kier alpha value is -4.25. The number of H-pyrrole nitrogens is 1. The number of carbonyl (C=O) groups is 1. The molecule has 0 saturated carbocycles. The smallest absolute Gasteiger partial charge is 0.489 e. The SMILES string of the molecule is O=C(O)c1[nH]c2ccc(OCc3ccc(OC(F)(F)F)cc3)c(Cc3cc4c(cc3Cl)OCO4)c2c1-c1cc(Cl)cc(Cl)c1. The van der Waals surface area contributed by atoms with Crippen LogP contribution in [0.4, 0.5) is 13.2 Å². The van der Waals surface area contributed by atoms with Crippen LogP contribution in [0.1, 0.15) is 27.2 Å². The molecule has 0 bridgehead atoms. The number of fused-ring (bicyclic) bond motifs is 2. The average molecular weight is 665 g/mol. The van der Waals surface area contributed by atoms with Gasteiger partial charge in [0.2, 0.25) is 6.79 Å². The Bertz CT molecular complexity index is 1890. The number of halogens is 6. The van der Waals surface area contributed by atoms with E-state index in [2.05, 4.69) is 9.72 Å². The number of aromatic carboxylic acids is 1. The lowest BCUT2D eigenvalue weighted by Gasteiger charge is -2.16. The lowest BCUT2D eigenvalue weighted by molar-refractivity contribution is -0.274. The van der Waals surface area contributed by atoms with Crippen LogP contribution in [-0.4, -0.2) is 29.2 Å². The molecular weight excluding hydrogens is 646 g/mol. The molecule has 0 saturated heterocycles. The molecule has 2 N–H and O–H groups in total. The minimum Gasteiger partial charge on any atom is -0.489 e. The second-order valence-electron chi connectivity index (χ2n) is 9.76. The van der Waals surface area contributed by atoms with Gasteiger partial charge in [-0.2, -0.15) is 0 Å². The van der Waals surface area contributed by atoms with Gasteiger partial charge in [0.15, 0.2) is 11.5 Å². The van der Waals surface area contributed by atoms with E-state index in [9.17, 15) is 23.1 Å². The third-order valence-corrected chi connectivity index (χ3v) is 7.64. The summed E-state index contributed by atoms with van der Waals surface area (Å²) in [5, 5.41) is 11.7. The van der Waals surface area contributed by atoms with Crippen LogP contribution in [0.5, 0.6) is 23.0 Å². The number of aromatic nitrogens is 1. The Labute approximate surface area is 262 Å². The van der Waals surface area contributed by atoms with Gasteiger partial charge in [0.05, 0.1) is 0 Å². The molecule has 226 valence electrons. The minimum atomic E-state index is -4.81. The third kappa shape index (κ3) is 6.19. The summed E-state index contributed by atoms with van der Waals surface area (Å²) >= 11 is 19.3. The molecule has 1 aliphatic rings. The molecule has 7 nitrogen and oxygen atoms in total. The van der Waals surface area contributed by atoms with E-state index < -0.39 is 12.3 Å². The van der Waals surface area contributed by atoms with Gasteiger partial charge in [0.1, 0.15) is 23.8 Å². The van der Waals surface area contributed by atoms with Crippen molar-refractivity contribution in [1.82, 2.24) is 4.98 Å². The summed E-state index contributed by atoms with van der Waals surface area (Å²) in [5.74, 6) is -0.188. The summed E-state index contributed by atoms with van der Waals surface area (Å²) in [4.78, 5) is 15.4. The monoisotopic (exact) mass is 663 g/mol. The van der Waals surface area contributed by atoms with Gasteiger partial charge in [-0.15, -0.1) is 13.2 Å². The van der Waals surface area contributed by atoms with E-state index in [1.165, 1.54) is 30.3 Å². The maximum absolute atomic E-state index is 12.6. The molecule has 1 aromatic heterocycles. The first kappa shape index (κ1) is 29.8. The van der Waals surface area contributed by atoms with Crippen LogP contribution >= 0.6 is 34.8 Å². The van der Waals surface area contributed by atoms with Crippen LogP contribution in [0.25, 0.3) is 22.0 Å². The molecule has 0 unspecified atom stereocenters. The molecule has 4 aromatic carbocycles. The van der Waals surface area contributed by atoms with E-state index >= 15 is 0 Å². The highest BCUT2D eigenvalue weighted by Crippen LogP contribution is 2.43. The highest BCUT2D eigenvalue weighted by atomic mass is 35.5. The number of hydrogen-bond donors (Lipinski definition) is 2. The predicted molar refractivity (Wildman–Crippen MR) is 159 cm³/mol. The molecule has 0 spiro atoms. The number of aromatic amines is 1. The molecule has 13 heteroatoms. The number of nitrogens with one attached hydrogen (secondary N) is 1. The molecule has 0 radical (unpaired) electrons. The largest absolute Gasteiger partial charge is 0.573 e. The van der Waals surface area contributed by atoms with Crippen LogP contribution < -0.4 is 18.9 Å². The minimum absolute atomic E-state index is 0.0196. The fourth-order valence-electron chi connectivity index (χ4n) is 5.03. The van der Waals surface area contributed by atoms with E-state index in [1.54, 1.807) is 36.4 Å². The Morgan fingerprint density at radius 3 is 2.27 bits per heavy atom. The van der Waals surface area contributed by atoms with Crippen LogP contribution in [0.3, 0.4) is 0 Å². The number of carboxylic acid groups (broad SMARTS) is 1. The average Bonchev–Trinajstić information content (AvgIpc) is 3.56. The molecule has 2 heterocycles. The lowest BCUT2D eigenvalue weighted by Crippen LogP contribution is -2.17. The van der Waals surface area contributed by atoms with Gasteiger partial charge in [0, 0.05) is 49.6 Å². The van der Waals surface area contributed by atoms with E-state index in [0.717, 1.165) is 0 Å². The molecule has 0 fully saturated rings. The molecule has 5 aromatic rings. The summed E-state index contributed by atoms with van der Waals surface area (Å²) in [7, 11) is 0. The van der Waals surface area contributed by atoms with Crippen molar-refractivity contribution in [3.8, 4) is 34.1 Å². The maximum Gasteiger partial charge on any atom is 0.573 e. The van der Waals surface area contributed by atoms with E-state index in [4.69, 9.17) is 49.0 Å². The summed E-state index contributed by atoms with van der Waals surface area (Å²) < 4.78 is 58.9. The second-order valence-corrected chi connectivity index (χ2v) is 11.0. The van der Waals surface area contributed by atoms with Gasteiger partial charge in [-0.05, 0) is 65.2 Å². The molecular formula is C31H19Cl3F3NO6. The quantitative estimate of drug-likeness (QED) is 0.172. The molecule has 1 aliphatic heterocycles. The number of benzene rings is 4. The Balaban J connectivity index is 1.48. The molecule has 0 amide bonds. The van der Waals surface area contributed by atoms with Gasteiger partial charge in [-0.1, -0.05) is 46.9 Å². The highest BCUT2D eigenvalue weighted by Gasteiger charge is 2.31. The van der Waals surface area contributed by atoms with E-state index in [0.29, 0.717) is 71.0 Å². The van der Waals surface area contributed by atoms with E-state index in [-0.39, 0.29) is 31.3 Å². The maximum atomic E-state index is 12.6. The van der Waals surface area contributed by atoms with Crippen LogP contribution in [-0.2, 0) is 13.0 Å². The number of carboxylic acids is 1. The van der Waals surface area contributed by atoms with Crippen molar-refractivity contribution in [2.75, 3.05) is 6.79 Å². The van der Waals surface area contributed by atoms with Crippen molar-refractivity contribution in [1.29, 1.82) is 0 Å². The van der Waals surface area contributed by atoms with E-state index in [1.807, 2.05) is 0 Å². The van der Waals surface area contributed by atoms with Crippen molar-refractivity contribution in [2.24, 2.45) is 0 Å². The Morgan fingerprint density at radius 1 is 0.932 bits per heavy atom. The number of ether oxygens (including phenoxy) is 4. The number of hydrogen-bond acceptors (Lipinski definition) is 5. The van der Waals surface area contributed by atoms with Gasteiger partial charge in [-0.25, -0.2) is 4.79 Å².